The summed E-state index contributed by atoms with van der Waals surface area (Å²) in [6.07, 6.45) is 2.91. The van der Waals surface area contributed by atoms with Gasteiger partial charge in [-0.25, -0.2) is 0 Å². The van der Waals surface area contributed by atoms with Gasteiger partial charge in [0.1, 0.15) is 11.3 Å². The minimum Gasteiger partial charge on any atom is -0.488 e. The molecule has 2 nitrogen and oxygen atoms in total. The maximum atomic E-state index is 6.10. The van der Waals surface area contributed by atoms with E-state index in [1.807, 2.05) is 31.2 Å². The van der Waals surface area contributed by atoms with Crippen LogP contribution in [0.15, 0.2) is 30.5 Å². The van der Waals surface area contributed by atoms with Gasteiger partial charge in [0.15, 0.2) is 0 Å². The molecule has 0 fully saturated rings. The van der Waals surface area contributed by atoms with Crippen molar-refractivity contribution in [3.8, 4) is 5.75 Å². The fraction of sp³-hybridized carbons (Fsp3) is 0.308. The van der Waals surface area contributed by atoms with Gasteiger partial charge in [-0.2, -0.15) is 0 Å². The molecule has 0 amide bonds. The van der Waals surface area contributed by atoms with Gasteiger partial charge in [-0.15, -0.1) is 0 Å². The quantitative estimate of drug-likeness (QED) is 0.800. The van der Waals surface area contributed by atoms with Gasteiger partial charge < -0.3 is 4.74 Å². The summed E-state index contributed by atoms with van der Waals surface area (Å²) in [6, 6.07) is 7.56. The van der Waals surface area contributed by atoms with Gasteiger partial charge in [0, 0.05) is 11.6 Å². The normalized spacial score (nSPS) is 12.7. The largest absolute Gasteiger partial charge is 0.488 e. The number of nitrogens with zero attached hydrogens (tertiary/aromatic N) is 1. The molecule has 0 saturated heterocycles. The number of fused-ring (bicyclic) bond motifs is 1. The minimum atomic E-state index is 0.186. The first-order valence-electron chi connectivity index (χ1n) is 5.42. The molecule has 16 heavy (non-hydrogen) atoms. The van der Waals surface area contributed by atoms with E-state index in [-0.39, 0.29) is 6.10 Å². The molecule has 0 bridgehead atoms. The van der Waals surface area contributed by atoms with Gasteiger partial charge in [-0.1, -0.05) is 18.5 Å². The highest BCUT2D eigenvalue weighted by atomic mass is 35.5. The summed E-state index contributed by atoms with van der Waals surface area (Å²) in [5, 5.41) is 1.64. The highest BCUT2D eigenvalue weighted by Gasteiger charge is 2.08. The Hall–Kier alpha value is -1.28. The van der Waals surface area contributed by atoms with Crippen LogP contribution in [0.25, 0.3) is 10.9 Å². The van der Waals surface area contributed by atoms with Crippen molar-refractivity contribution in [2.45, 2.75) is 26.4 Å². The average molecular weight is 236 g/mol. The van der Waals surface area contributed by atoms with Crippen molar-refractivity contribution in [1.29, 1.82) is 0 Å². The number of benzene rings is 1. The summed E-state index contributed by atoms with van der Waals surface area (Å²) in [6.45, 7) is 4.14. The van der Waals surface area contributed by atoms with E-state index in [2.05, 4.69) is 11.9 Å². The van der Waals surface area contributed by atoms with Gasteiger partial charge in [0.2, 0.25) is 0 Å². The third-order valence-corrected chi connectivity index (χ3v) is 2.91. The van der Waals surface area contributed by atoms with Gasteiger partial charge in [-0.3, -0.25) is 4.98 Å². The Bertz CT molecular complexity index is 498. The van der Waals surface area contributed by atoms with E-state index < -0.39 is 0 Å². The van der Waals surface area contributed by atoms with Crippen molar-refractivity contribution in [2.75, 3.05) is 0 Å². The fourth-order valence-electron chi connectivity index (χ4n) is 1.51. The number of pyridine rings is 1. The van der Waals surface area contributed by atoms with E-state index in [0.717, 1.165) is 23.1 Å². The first-order chi connectivity index (χ1) is 7.72. The molecule has 0 spiro atoms. The number of hydrogen-bond acceptors (Lipinski definition) is 2. The lowest BCUT2D eigenvalue weighted by Gasteiger charge is -2.14. The zero-order valence-corrected chi connectivity index (χ0v) is 10.2. The molecule has 1 aromatic heterocycles. The summed E-state index contributed by atoms with van der Waals surface area (Å²) in [4.78, 5) is 4.32. The van der Waals surface area contributed by atoms with E-state index in [9.17, 15) is 0 Å². The molecule has 0 N–H and O–H groups in total. The second kappa shape index (κ2) is 4.71. The van der Waals surface area contributed by atoms with E-state index in [1.54, 1.807) is 6.20 Å². The van der Waals surface area contributed by atoms with Gasteiger partial charge in [-0.05, 0) is 37.6 Å². The number of rotatable bonds is 3. The van der Waals surface area contributed by atoms with Crippen molar-refractivity contribution in [3.63, 3.8) is 0 Å². The molecule has 0 aliphatic rings. The molecule has 1 aromatic carbocycles. The first-order valence-corrected chi connectivity index (χ1v) is 5.80. The fourth-order valence-corrected chi connectivity index (χ4v) is 1.72. The predicted octanol–water partition coefficient (Wildman–Crippen LogP) is 4.07. The molecule has 0 unspecified atom stereocenters. The third kappa shape index (κ3) is 2.12. The van der Waals surface area contributed by atoms with Crippen LogP contribution in [-0.4, -0.2) is 11.1 Å². The van der Waals surface area contributed by atoms with Gasteiger partial charge >= 0.3 is 0 Å². The second-order valence-electron chi connectivity index (χ2n) is 3.78. The Morgan fingerprint density at radius 2 is 2.19 bits per heavy atom. The van der Waals surface area contributed by atoms with Crippen molar-refractivity contribution in [3.05, 3.63) is 35.5 Å². The number of halogens is 1. The van der Waals surface area contributed by atoms with Crippen LogP contribution in [0.4, 0.5) is 0 Å². The molecule has 3 heteroatoms. The molecule has 2 rings (SSSR count). The van der Waals surface area contributed by atoms with Crippen molar-refractivity contribution >= 4 is 22.5 Å². The number of aromatic nitrogens is 1. The van der Waals surface area contributed by atoms with Crippen molar-refractivity contribution in [1.82, 2.24) is 4.98 Å². The lowest BCUT2D eigenvalue weighted by molar-refractivity contribution is 0.220. The predicted molar refractivity (Wildman–Crippen MR) is 67.1 cm³/mol. The molecule has 0 radical (unpaired) electrons. The second-order valence-corrected chi connectivity index (χ2v) is 4.19. The van der Waals surface area contributed by atoms with E-state index in [4.69, 9.17) is 16.3 Å². The van der Waals surface area contributed by atoms with Crippen LogP contribution in [0.2, 0.25) is 5.02 Å². The Labute approximate surface area is 100 Å². The summed E-state index contributed by atoms with van der Waals surface area (Å²) >= 11 is 6.10. The molecule has 84 valence electrons. The zero-order valence-electron chi connectivity index (χ0n) is 9.40. The molecule has 1 atom stereocenters. The third-order valence-electron chi connectivity index (χ3n) is 2.58. The highest BCUT2D eigenvalue weighted by molar-refractivity contribution is 6.35. The SMILES string of the molecule is CC[C@@H](C)Oc1ccc(Cl)c2cccnc12. The van der Waals surface area contributed by atoms with E-state index in [1.165, 1.54) is 0 Å². The maximum absolute atomic E-state index is 6.10. The summed E-state index contributed by atoms with van der Waals surface area (Å²) in [5.41, 5.74) is 0.829. The van der Waals surface area contributed by atoms with Crippen molar-refractivity contribution < 1.29 is 4.74 Å². The Morgan fingerprint density at radius 1 is 1.38 bits per heavy atom. The maximum Gasteiger partial charge on any atom is 0.146 e. The summed E-state index contributed by atoms with van der Waals surface area (Å²) < 4.78 is 5.81. The molecular formula is C13H14ClNO. The molecule has 1 heterocycles. The molecule has 0 saturated carbocycles. The number of hydrogen-bond donors (Lipinski definition) is 0. The van der Waals surface area contributed by atoms with Gasteiger partial charge in [0.25, 0.3) is 0 Å². The lowest BCUT2D eigenvalue weighted by Crippen LogP contribution is -2.10. The van der Waals surface area contributed by atoms with Crippen LogP contribution in [0, 0.1) is 0 Å². The minimum absolute atomic E-state index is 0.186. The lowest BCUT2D eigenvalue weighted by atomic mass is 10.2. The zero-order chi connectivity index (χ0) is 11.5. The Kier molecular flexibility index (Phi) is 3.30. The van der Waals surface area contributed by atoms with Crippen LogP contribution in [0.1, 0.15) is 20.3 Å². The Morgan fingerprint density at radius 3 is 2.94 bits per heavy atom. The standard InChI is InChI=1S/C13H14ClNO/c1-3-9(2)16-12-7-6-11(14)10-5-4-8-15-13(10)12/h4-9H,3H2,1-2H3/t9-/m1/s1. The number of ether oxygens (including phenoxy) is 1. The van der Waals surface area contributed by atoms with Crippen molar-refractivity contribution in [2.24, 2.45) is 0 Å². The van der Waals surface area contributed by atoms with E-state index >= 15 is 0 Å². The van der Waals surface area contributed by atoms with E-state index in [0.29, 0.717) is 5.02 Å². The van der Waals surface area contributed by atoms with Gasteiger partial charge in [0.05, 0.1) is 11.1 Å². The summed E-state index contributed by atoms with van der Waals surface area (Å²) in [7, 11) is 0. The molecule has 0 aliphatic heterocycles. The molecular weight excluding hydrogens is 222 g/mol. The van der Waals surface area contributed by atoms with Crippen LogP contribution in [0.3, 0.4) is 0 Å². The van der Waals surface area contributed by atoms with Crippen LogP contribution < -0.4 is 4.74 Å². The van der Waals surface area contributed by atoms with Crippen LogP contribution in [-0.2, 0) is 0 Å². The monoisotopic (exact) mass is 235 g/mol. The highest BCUT2D eigenvalue weighted by Crippen LogP contribution is 2.30. The topological polar surface area (TPSA) is 22.1 Å². The van der Waals surface area contributed by atoms with Crippen LogP contribution in [0.5, 0.6) is 5.75 Å². The molecule has 2 aromatic rings. The summed E-state index contributed by atoms with van der Waals surface area (Å²) in [5.74, 6) is 0.800. The molecule has 0 aliphatic carbocycles. The Balaban J connectivity index is 2.50. The average Bonchev–Trinajstić information content (AvgIpc) is 2.33. The smallest absolute Gasteiger partial charge is 0.146 e. The first kappa shape index (κ1) is 11.2. The van der Waals surface area contributed by atoms with Crippen LogP contribution >= 0.6 is 11.6 Å².